The van der Waals surface area contributed by atoms with E-state index in [9.17, 15) is 5.11 Å². The van der Waals surface area contributed by atoms with Gasteiger partial charge in [-0.2, -0.15) is 18.2 Å². The summed E-state index contributed by atoms with van der Waals surface area (Å²) in [4.78, 5) is 0.918. The van der Waals surface area contributed by atoms with Gasteiger partial charge in [0, 0.05) is 22.6 Å². The topological polar surface area (TPSA) is 20.2 Å². The zero-order chi connectivity index (χ0) is 11.9. The van der Waals surface area contributed by atoms with Gasteiger partial charge in [-0.05, 0) is 11.4 Å². The standard InChI is InChI=1S/C10H8OS.C5H5.Fe/c11-10(8-4-1-2-5-8)9-6-3-7-12-9;1-2-4-5-3-1;/h1-7,11H;1-5H;/q;-1;. The van der Waals surface area contributed by atoms with Crippen molar-refractivity contribution < 1.29 is 22.2 Å². The van der Waals surface area contributed by atoms with Crippen LogP contribution >= 0.6 is 11.3 Å². The molecule has 0 unspecified atom stereocenters. The molecule has 3 rings (SSSR count). The van der Waals surface area contributed by atoms with E-state index in [0.29, 0.717) is 5.76 Å². The second kappa shape index (κ2) is 7.83. The van der Waals surface area contributed by atoms with E-state index in [1.807, 2.05) is 72.1 Å². The number of hydrogen-bond donors (Lipinski definition) is 1. The van der Waals surface area contributed by atoms with E-state index < -0.39 is 0 Å². The second-order valence-electron chi connectivity index (χ2n) is 3.46. The molecule has 0 amide bonds. The Kier molecular flexibility index (Phi) is 6.37. The van der Waals surface area contributed by atoms with E-state index in [0.717, 1.165) is 10.5 Å². The van der Waals surface area contributed by atoms with Crippen molar-refractivity contribution in [3.05, 3.63) is 82.6 Å². The summed E-state index contributed by atoms with van der Waals surface area (Å²) < 4.78 is 0. The molecule has 0 bridgehead atoms. The van der Waals surface area contributed by atoms with Crippen LogP contribution in [0.4, 0.5) is 0 Å². The summed E-state index contributed by atoms with van der Waals surface area (Å²) in [7, 11) is 0. The van der Waals surface area contributed by atoms with Crippen LogP contribution < -0.4 is 0 Å². The van der Waals surface area contributed by atoms with Gasteiger partial charge < -0.3 is 5.11 Å². The zero-order valence-corrected chi connectivity index (χ0v) is 11.6. The summed E-state index contributed by atoms with van der Waals surface area (Å²) in [5, 5.41) is 11.6. The summed E-state index contributed by atoms with van der Waals surface area (Å²) in [5.74, 6) is 0.370. The van der Waals surface area contributed by atoms with Gasteiger partial charge in [0.05, 0.1) is 4.88 Å². The van der Waals surface area contributed by atoms with Crippen molar-refractivity contribution in [2.45, 2.75) is 0 Å². The number of aliphatic hydroxyl groups excluding tert-OH is 1. The minimum absolute atomic E-state index is 0. The Morgan fingerprint density at radius 1 is 1.06 bits per heavy atom. The van der Waals surface area contributed by atoms with Gasteiger partial charge in [0.1, 0.15) is 5.76 Å². The molecule has 1 heterocycles. The Morgan fingerprint density at radius 2 is 1.72 bits per heavy atom. The normalized spacial score (nSPS) is 11.7. The third kappa shape index (κ3) is 4.11. The molecule has 1 aromatic carbocycles. The monoisotopic (exact) mass is 297 g/mol. The summed E-state index contributed by atoms with van der Waals surface area (Å²) >= 11 is 1.54. The first-order valence-electron chi connectivity index (χ1n) is 5.36. The second-order valence-corrected chi connectivity index (χ2v) is 4.41. The predicted molar refractivity (Wildman–Crippen MR) is 74.2 cm³/mol. The molecule has 1 N–H and O–H groups in total. The SMILES string of the molecule is OC(=C1C=CC=C1)c1cccs1.[Fe].c1cc[cH-]c1. The molecule has 0 aliphatic heterocycles. The van der Waals surface area contributed by atoms with Crippen molar-refractivity contribution in [1.29, 1.82) is 0 Å². The van der Waals surface area contributed by atoms with E-state index in [2.05, 4.69) is 0 Å². The number of thiophene rings is 1. The largest absolute Gasteiger partial charge is 0.506 e. The smallest absolute Gasteiger partial charge is 0.139 e. The van der Waals surface area contributed by atoms with E-state index in [1.165, 1.54) is 0 Å². The first-order chi connectivity index (χ1) is 8.38. The zero-order valence-electron chi connectivity index (χ0n) is 9.64. The third-order valence-corrected chi connectivity index (χ3v) is 3.12. The van der Waals surface area contributed by atoms with Gasteiger partial charge in [0.2, 0.25) is 0 Å². The average molecular weight is 297 g/mol. The molecule has 1 aliphatic carbocycles. The van der Waals surface area contributed by atoms with Gasteiger partial charge >= 0.3 is 0 Å². The van der Waals surface area contributed by atoms with E-state index in [1.54, 1.807) is 11.3 Å². The Balaban J connectivity index is 0.000000230. The third-order valence-electron chi connectivity index (χ3n) is 2.25. The first kappa shape index (κ1) is 14.6. The summed E-state index contributed by atoms with van der Waals surface area (Å²) in [5.41, 5.74) is 0.887. The molecule has 0 saturated heterocycles. The first-order valence-corrected chi connectivity index (χ1v) is 6.24. The molecule has 1 aromatic heterocycles. The van der Waals surface area contributed by atoms with Crippen molar-refractivity contribution in [3.63, 3.8) is 0 Å². The van der Waals surface area contributed by atoms with Gasteiger partial charge in [-0.3, -0.25) is 0 Å². The van der Waals surface area contributed by atoms with Crippen LogP contribution in [0, 0.1) is 0 Å². The summed E-state index contributed by atoms with van der Waals surface area (Å²) in [6.45, 7) is 0. The molecule has 94 valence electrons. The molecule has 1 aliphatic rings. The Hall–Kier alpha value is -1.41. The Labute approximate surface area is 122 Å². The Bertz CT molecular complexity index is 488. The van der Waals surface area contributed by atoms with Crippen molar-refractivity contribution in [3.8, 4) is 0 Å². The number of aliphatic hydroxyl groups is 1. The average Bonchev–Trinajstić information content (AvgIpc) is 3.11. The summed E-state index contributed by atoms with van der Waals surface area (Å²) in [6, 6.07) is 13.8. The van der Waals surface area contributed by atoms with Crippen LogP contribution in [0.25, 0.3) is 5.76 Å². The molecule has 0 spiro atoms. The molecule has 0 atom stereocenters. The van der Waals surface area contributed by atoms with Crippen molar-refractivity contribution in [2.75, 3.05) is 0 Å². The van der Waals surface area contributed by atoms with Crippen LogP contribution in [0.15, 0.2) is 77.7 Å². The molecule has 3 heteroatoms. The molecule has 1 nitrogen and oxygen atoms in total. The van der Waals surface area contributed by atoms with Crippen molar-refractivity contribution in [1.82, 2.24) is 0 Å². The number of hydrogen-bond acceptors (Lipinski definition) is 2. The van der Waals surface area contributed by atoms with Crippen LogP contribution in [-0.4, -0.2) is 5.11 Å². The molecule has 0 saturated carbocycles. The van der Waals surface area contributed by atoms with E-state index >= 15 is 0 Å². The van der Waals surface area contributed by atoms with Crippen molar-refractivity contribution in [2.24, 2.45) is 0 Å². The number of rotatable bonds is 1. The fourth-order valence-corrected chi connectivity index (χ4v) is 2.10. The maximum Gasteiger partial charge on any atom is 0.139 e. The fraction of sp³-hybridized carbons (Fsp3) is 0. The van der Waals surface area contributed by atoms with Gasteiger partial charge in [-0.1, -0.05) is 30.4 Å². The molecule has 18 heavy (non-hydrogen) atoms. The molecule has 0 fully saturated rings. The van der Waals surface area contributed by atoms with Gasteiger partial charge in [-0.25, -0.2) is 12.1 Å². The minimum Gasteiger partial charge on any atom is -0.506 e. The van der Waals surface area contributed by atoms with E-state index in [-0.39, 0.29) is 17.1 Å². The molecule has 2 aromatic rings. The summed E-state index contributed by atoms with van der Waals surface area (Å²) in [6.07, 6.45) is 7.63. The fourth-order valence-electron chi connectivity index (χ4n) is 1.41. The van der Waals surface area contributed by atoms with Gasteiger partial charge in [-0.15, -0.1) is 11.3 Å². The van der Waals surface area contributed by atoms with Crippen LogP contribution in [-0.2, 0) is 17.1 Å². The quantitative estimate of drug-likeness (QED) is 0.465. The minimum atomic E-state index is 0. The van der Waals surface area contributed by atoms with E-state index in [4.69, 9.17) is 0 Å². The van der Waals surface area contributed by atoms with Crippen LogP contribution in [0.1, 0.15) is 4.88 Å². The maximum atomic E-state index is 9.70. The molecular formula is C15H13FeOS-. The maximum absolute atomic E-state index is 9.70. The predicted octanol–water partition coefficient (Wildman–Crippen LogP) is 4.55. The van der Waals surface area contributed by atoms with Crippen LogP contribution in [0.2, 0.25) is 0 Å². The number of allylic oxidation sites excluding steroid dienone is 5. The van der Waals surface area contributed by atoms with Crippen LogP contribution in [0.5, 0.6) is 0 Å². The van der Waals surface area contributed by atoms with Crippen molar-refractivity contribution >= 4 is 17.1 Å². The van der Waals surface area contributed by atoms with Gasteiger partial charge in [0.25, 0.3) is 0 Å². The van der Waals surface area contributed by atoms with Gasteiger partial charge in [0.15, 0.2) is 0 Å². The molecule has 0 radical (unpaired) electrons. The van der Waals surface area contributed by atoms with Crippen LogP contribution in [0.3, 0.4) is 0 Å². The molecular weight excluding hydrogens is 284 g/mol. The Morgan fingerprint density at radius 3 is 2.17 bits per heavy atom.